The summed E-state index contributed by atoms with van der Waals surface area (Å²) in [4.78, 5) is 9.82. The maximum absolute atomic E-state index is 11.8. The van der Waals surface area contributed by atoms with Crippen LogP contribution in [0, 0.1) is 10.1 Å². The van der Waals surface area contributed by atoms with E-state index >= 15 is 0 Å². The number of nitrogens with one attached hydrogen (secondary N) is 1. The smallest absolute Gasteiger partial charge is 0.312 e. The van der Waals surface area contributed by atoms with Gasteiger partial charge in [0.25, 0.3) is 5.69 Å². The van der Waals surface area contributed by atoms with Crippen molar-refractivity contribution < 1.29 is 18.1 Å². The second-order valence-electron chi connectivity index (χ2n) is 3.47. The van der Waals surface area contributed by atoms with Gasteiger partial charge in [-0.15, -0.1) is 0 Å². The van der Waals surface area contributed by atoms with Crippen molar-refractivity contribution in [2.24, 2.45) is 0 Å². The molecule has 0 aromatic heterocycles. The molecule has 17 heavy (non-hydrogen) atoms. The average Bonchev–Trinajstić information content (AvgIpc) is 2.24. The van der Waals surface area contributed by atoms with E-state index in [4.69, 9.17) is 0 Å². The molecule has 0 radical (unpaired) electrons. The second kappa shape index (κ2) is 5.62. The highest BCUT2D eigenvalue weighted by atomic mass is 19.4. The van der Waals surface area contributed by atoms with Crippen molar-refractivity contribution in [1.29, 1.82) is 0 Å². The minimum atomic E-state index is -4.16. The molecule has 94 valence electrons. The van der Waals surface area contributed by atoms with Crippen LogP contribution in [-0.2, 0) is 6.54 Å². The molecule has 1 N–H and O–H groups in total. The SMILES string of the molecule is O=[N+]([O-])c1ccc(CNCCC(F)(F)F)cc1. The normalized spacial score (nSPS) is 11.5. The Morgan fingerprint density at radius 1 is 1.24 bits per heavy atom. The van der Waals surface area contributed by atoms with E-state index in [1.54, 1.807) is 0 Å². The van der Waals surface area contributed by atoms with Gasteiger partial charge in [0.15, 0.2) is 0 Å². The summed E-state index contributed by atoms with van der Waals surface area (Å²) in [5.41, 5.74) is 0.668. The topological polar surface area (TPSA) is 55.2 Å². The molecule has 0 heterocycles. The number of hydrogen-bond acceptors (Lipinski definition) is 3. The fourth-order valence-electron chi connectivity index (χ4n) is 1.20. The molecule has 1 aromatic carbocycles. The zero-order valence-electron chi connectivity index (χ0n) is 8.83. The Morgan fingerprint density at radius 2 is 1.82 bits per heavy atom. The van der Waals surface area contributed by atoms with Crippen LogP contribution in [0.4, 0.5) is 18.9 Å². The van der Waals surface area contributed by atoms with Crippen molar-refractivity contribution in [3.63, 3.8) is 0 Å². The Morgan fingerprint density at radius 3 is 2.29 bits per heavy atom. The van der Waals surface area contributed by atoms with Gasteiger partial charge in [-0.3, -0.25) is 10.1 Å². The molecule has 0 atom stereocenters. The van der Waals surface area contributed by atoms with Gasteiger partial charge >= 0.3 is 6.18 Å². The lowest BCUT2D eigenvalue weighted by Crippen LogP contribution is -2.21. The number of non-ortho nitro benzene ring substituents is 1. The van der Waals surface area contributed by atoms with Crippen LogP contribution in [0.15, 0.2) is 24.3 Å². The highest BCUT2D eigenvalue weighted by Crippen LogP contribution is 2.18. The first-order valence-electron chi connectivity index (χ1n) is 4.89. The van der Waals surface area contributed by atoms with Crippen LogP contribution in [0.1, 0.15) is 12.0 Å². The largest absolute Gasteiger partial charge is 0.390 e. The van der Waals surface area contributed by atoms with Crippen LogP contribution >= 0.6 is 0 Å². The Kier molecular flexibility index (Phi) is 4.45. The first kappa shape index (κ1) is 13.4. The molecular weight excluding hydrogens is 237 g/mol. The number of nitro groups is 1. The van der Waals surface area contributed by atoms with Gasteiger partial charge in [0.05, 0.1) is 11.3 Å². The molecule has 7 heteroatoms. The maximum atomic E-state index is 11.8. The molecule has 0 fully saturated rings. The summed E-state index contributed by atoms with van der Waals surface area (Å²) in [6.07, 6.45) is -5.05. The molecule has 0 unspecified atom stereocenters. The first-order valence-corrected chi connectivity index (χ1v) is 4.89. The summed E-state index contributed by atoms with van der Waals surface area (Å²) in [5.74, 6) is 0. The molecule has 4 nitrogen and oxygen atoms in total. The zero-order valence-corrected chi connectivity index (χ0v) is 8.83. The molecule has 0 spiro atoms. The molecule has 0 amide bonds. The number of rotatable bonds is 5. The minimum Gasteiger partial charge on any atom is -0.312 e. The third-order valence-corrected chi connectivity index (χ3v) is 2.06. The van der Waals surface area contributed by atoms with E-state index in [-0.39, 0.29) is 18.8 Å². The average molecular weight is 248 g/mol. The summed E-state index contributed by atoms with van der Waals surface area (Å²) >= 11 is 0. The molecule has 1 rings (SSSR count). The highest BCUT2D eigenvalue weighted by Gasteiger charge is 2.25. The monoisotopic (exact) mass is 248 g/mol. The van der Waals surface area contributed by atoms with Crippen molar-refractivity contribution in [3.8, 4) is 0 Å². The van der Waals surface area contributed by atoms with Crippen molar-refractivity contribution in [2.45, 2.75) is 19.1 Å². The van der Waals surface area contributed by atoms with E-state index in [9.17, 15) is 23.3 Å². The van der Waals surface area contributed by atoms with Crippen LogP contribution in [-0.4, -0.2) is 17.6 Å². The fourth-order valence-corrected chi connectivity index (χ4v) is 1.20. The van der Waals surface area contributed by atoms with Crippen LogP contribution < -0.4 is 5.32 Å². The summed E-state index contributed by atoms with van der Waals surface area (Å²) in [7, 11) is 0. The number of hydrogen-bond donors (Lipinski definition) is 1. The summed E-state index contributed by atoms with van der Waals surface area (Å²) in [6.45, 7) is 0.0918. The molecule has 0 aliphatic rings. The predicted octanol–water partition coefficient (Wildman–Crippen LogP) is 2.64. The number of alkyl halides is 3. The molecule has 0 bridgehead atoms. The number of benzene rings is 1. The lowest BCUT2D eigenvalue weighted by atomic mass is 10.2. The molecular formula is C10H11F3N2O2. The highest BCUT2D eigenvalue weighted by molar-refractivity contribution is 5.32. The van der Waals surface area contributed by atoms with E-state index in [0.29, 0.717) is 5.56 Å². The van der Waals surface area contributed by atoms with Gasteiger partial charge < -0.3 is 5.32 Å². The zero-order chi connectivity index (χ0) is 12.9. The molecule has 0 aliphatic carbocycles. The summed E-state index contributed by atoms with van der Waals surface area (Å²) < 4.78 is 35.4. The predicted molar refractivity (Wildman–Crippen MR) is 55.5 cm³/mol. The van der Waals surface area contributed by atoms with E-state index < -0.39 is 17.5 Å². The van der Waals surface area contributed by atoms with Crippen molar-refractivity contribution >= 4 is 5.69 Å². The Bertz CT molecular complexity index is 376. The van der Waals surface area contributed by atoms with Gasteiger partial charge in [-0.05, 0) is 5.56 Å². The van der Waals surface area contributed by atoms with Gasteiger partial charge in [-0.25, -0.2) is 0 Å². The molecule has 1 aromatic rings. The lowest BCUT2D eigenvalue weighted by Gasteiger charge is -2.07. The number of halogens is 3. The standard InChI is InChI=1S/C10H11F3N2O2/c11-10(12,13)5-6-14-7-8-1-3-9(4-2-8)15(16)17/h1-4,14H,5-7H2. The second-order valence-corrected chi connectivity index (χ2v) is 3.47. The van der Waals surface area contributed by atoms with Gasteiger partial charge in [0.2, 0.25) is 0 Å². The Hall–Kier alpha value is -1.63. The summed E-state index contributed by atoms with van der Waals surface area (Å²) in [6, 6.07) is 5.67. The molecule has 0 aliphatic heterocycles. The summed E-state index contributed by atoms with van der Waals surface area (Å²) in [5, 5.41) is 13.0. The molecule has 0 saturated heterocycles. The van der Waals surface area contributed by atoms with Gasteiger partial charge in [-0.2, -0.15) is 13.2 Å². The van der Waals surface area contributed by atoms with Crippen LogP contribution in [0.3, 0.4) is 0 Å². The third kappa shape index (κ3) is 5.30. The van der Waals surface area contributed by atoms with E-state index in [0.717, 1.165) is 0 Å². The van der Waals surface area contributed by atoms with E-state index in [1.165, 1.54) is 24.3 Å². The Balaban J connectivity index is 2.35. The lowest BCUT2D eigenvalue weighted by molar-refractivity contribution is -0.384. The van der Waals surface area contributed by atoms with E-state index in [1.807, 2.05) is 0 Å². The molecule has 0 saturated carbocycles. The first-order chi connectivity index (χ1) is 7.88. The minimum absolute atomic E-state index is 0.0379. The van der Waals surface area contributed by atoms with Crippen molar-refractivity contribution in [3.05, 3.63) is 39.9 Å². The quantitative estimate of drug-likeness (QED) is 0.495. The number of nitrogens with zero attached hydrogens (tertiary/aromatic N) is 1. The van der Waals surface area contributed by atoms with Crippen molar-refractivity contribution in [1.82, 2.24) is 5.32 Å². The maximum Gasteiger partial charge on any atom is 0.390 e. The number of nitro benzene ring substituents is 1. The van der Waals surface area contributed by atoms with Crippen LogP contribution in [0.2, 0.25) is 0 Å². The van der Waals surface area contributed by atoms with E-state index in [2.05, 4.69) is 5.32 Å². The third-order valence-electron chi connectivity index (χ3n) is 2.06. The van der Waals surface area contributed by atoms with Crippen molar-refractivity contribution in [2.75, 3.05) is 6.54 Å². The van der Waals surface area contributed by atoms with Gasteiger partial charge in [0.1, 0.15) is 0 Å². The van der Waals surface area contributed by atoms with Gasteiger partial charge in [0, 0.05) is 25.2 Å². The fraction of sp³-hybridized carbons (Fsp3) is 0.400. The van der Waals surface area contributed by atoms with Crippen LogP contribution in [0.5, 0.6) is 0 Å². The van der Waals surface area contributed by atoms with Gasteiger partial charge in [-0.1, -0.05) is 12.1 Å². The Labute approximate surface area is 95.6 Å². The van der Waals surface area contributed by atoms with Crippen LogP contribution in [0.25, 0.3) is 0 Å².